The third-order valence-corrected chi connectivity index (χ3v) is 8.66. The van der Waals surface area contributed by atoms with Crippen LogP contribution in [0.3, 0.4) is 0 Å². The van der Waals surface area contributed by atoms with Crippen molar-refractivity contribution in [1.29, 1.82) is 0 Å². The van der Waals surface area contributed by atoms with Crippen molar-refractivity contribution in [2.24, 2.45) is 28.6 Å². The van der Waals surface area contributed by atoms with Gasteiger partial charge in [0, 0.05) is 11.8 Å². The van der Waals surface area contributed by atoms with Gasteiger partial charge in [0.1, 0.15) is 5.60 Å². The summed E-state index contributed by atoms with van der Waals surface area (Å²) in [7, 11) is 0. The van der Waals surface area contributed by atoms with Crippen LogP contribution in [0.25, 0.3) is 0 Å². The normalized spacial score (nSPS) is 49.1. The first kappa shape index (κ1) is 17.2. The zero-order chi connectivity index (χ0) is 18.2. The van der Waals surface area contributed by atoms with E-state index in [1.807, 2.05) is 6.08 Å². The minimum atomic E-state index is -1.16. The standard InChI is InChI=1S/C22H30O3/c1-13-11-16-17(20(3)8-5-15(24)12-19(13)20)6-9-21(4)18(16)7-10-22(21,25)14(2)23/h12,16-18,25H,1,5-11H2,2-4H3/t16-,17-,18+,20+,21-,22+/m0/s1. The number of ketones is 2. The third kappa shape index (κ3) is 2.02. The van der Waals surface area contributed by atoms with Crippen molar-refractivity contribution >= 4 is 11.6 Å². The molecule has 3 saturated carbocycles. The van der Waals surface area contributed by atoms with E-state index in [0.29, 0.717) is 30.6 Å². The van der Waals surface area contributed by atoms with Gasteiger partial charge in [-0.05, 0) is 80.3 Å². The Morgan fingerprint density at radius 2 is 1.88 bits per heavy atom. The predicted molar refractivity (Wildman–Crippen MR) is 96.9 cm³/mol. The van der Waals surface area contributed by atoms with Crippen LogP contribution in [0.4, 0.5) is 0 Å². The molecule has 0 aromatic heterocycles. The molecule has 0 aliphatic heterocycles. The van der Waals surface area contributed by atoms with Crippen molar-refractivity contribution in [3.05, 3.63) is 23.8 Å². The molecule has 4 aliphatic rings. The molecule has 0 heterocycles. The Hall–Kier alpha value is -1.22. The molecule has 6 atom stereocenters. The summed E-state index contributed by atoms with van der Waals surface area (Å²) < 4.78 is 0. The van der Waals surface area contributed by atoms with E-state index < -0.39 is 5.60 Å². The lowest BCUT2D eigenvalue weighted by Crippen LogP contribution is -2.57. The summed E-state index contributed by atoms with van der Waals surface area (Å²) in [5.74, 6) is 1.54. The van der Waals surface area contributed by atoms with Gasteiger partial charge in [0.25, 0.3) is 0 Å². The van der Waals surface area contributed by atoms with Gasteiger partial charge in [-0.15, -0.1) is 0 Å². The molecule has 0 amide bonds. The van der Waals surface area contributed by atoms with E-state index >= 15 is 0 Å². The van der Waals surface area contributed by atoms with Gasteiger partial charge in [0.2, 0.25) is 0 Å². The van der Waals surface area contributed by atoms with Crippen molar-refractivity contribution in [1.82, 2.24) is 0 Å². The summed E-state index contributed by atoms with van der Waals surface area (Å²) >= 11 is 0. The summed E-state index contributed by atoms with van der Waals surface area (Å²) in [6.45, 7) is 10.3. The average Bonchev–Trinajstić information content (AvgIpc) is 2.83. The van der Waals surface area contributed by atoms with Crippen LogP contribution in [0.1, 0.15) is 65.7 Å². The molecule has 1 N–H and O–H groups in total. The highest BCUT2D eigenvalue weighted by Crippen LogP contribution is 2.68. The molecular formula is C22H30O3. The number of hydrogen-bond donors (Lipinski definition) is 1. The molecule has 3 fully saturated rings. The summed E-state index contributed by atoms with van der Waals surface area (Å²) in [4.78, 5) is 24.2. The van der Waals surface area contributed by atoms with Gasteiger partial charge < -0.3 is 5.11 Å². The Morgan fingerprint density at radius 3 is 2.56 bits per heavy atom. The Kier molecular flexibility index (Phi) is 3.55. The van der Waals surface area contributed by atoms with Crippen LogP contribution in [-0.4, -0.2) is 22.3 Å². The summed E-state index contributed by atoms with van der Waals surface area (Å²) in [5, 5.41) is 11.2. The Balaban J connectivity index is 1.75. The second-order valence-corrected chi connectivity index (χ2v) is 9.54. The molecule has 4 aliphatic carbocycles. The highest BCUT2D eigenvalue weighted by molar-refractivity contribution is 5.92. The highest BCUT2D eigenvalue weighted by Gasteiger charge is 2.65. The molecule has 0 aromatic carbocycles. The van der Waals surface area contributed by atoms with Crippen LogP contribution in [0.5, 0.6) is 0 Å². The molecule has 0 radical (unpaired) electrons. The number of hydrogen-bond acceptors (Lipinski definition) is 3. The number of fused-ring (bicyclic) bond motifs is 5. The average molecular weight is 342 g/mol. The van der Waals surface area contributed by atoms with Gasteiger partial charge in [0.05, 0.1) is 0 Å². The third-order valence-electron chi connectivity index (χ3n) is 8.66. The molecule has 25 heavy (non-hydrogen) atoms. The number of Topliss-reactive ketones (excluding diaryl/α,β-unsaturated/α-hetero) is 1. The molecule has 3 nitrogen and oxygen atoms in total. The fraction of sp³-hybridized carbons (Fsp3) is 0.727. The zero-order valence-electron chi connectivity index (χ0n) is 15.7. The van der Waals surface area contributed by atoms with Crippen LogP contribution in [0.2, 0.25) is 0 Å². The van der Waals surface area contributed by atoms with E-state index in [-0.39, 0.29) is 22.4 Å². The summed E-state index contributed by atoms with van der Waals surface area (Å²) in [6.07, 6.45) is 7.77. The Bertz CT molecular complexity index is 704. The van der Waals surface area contributed by atoms with Crippen LogP contribution in [-0.2, 0) is 9.59 Å². The van der Waals surface area contributed by atoms with Gasteiger partial charge in [-0.1, -0.05) is 26.0 Å². The molecule has 0 aromatic rings. The van der Waals surface area contributed by atoms with Crippen LogP contribution in [0, 0.1) is 28.6 Å². The Labute approximate surface area is 150 Å². The smallest absolute Gasteiger partial charge is 0.161 e. The largest absolute Gasteiger partial charge is 0.382 e. The molecular weight excluding hydrogens is 312 g/mol. The fourth-order valence-electron chi connectivity index (χ4n) is 7.16. The molecule has 0 unspecified atom stereocenters. The van der Waals surface area contributed by atoms with E-state index in [9.17, 15) is 14.7 Å². The lowest BCUT2D eigenvalue weighted by Gasteiger charge is -2.59. The van der Waals surface area contributed by atoms with Gasteiger partial charge in [-0.2, -0.15) is 0 Å². The SMILES string of the molecule is C=C1C[C@@H]2[C@H]3CC[C@@](O)(C(C)=O)[C@@]3(C)CC[C@@H]2[C@@]2(C)CCC(=O)C=C12. The van der Waals surface area contributed by atoms with E-state index in [1.54, 1.807) is 6.92 Å². The topological polar surface area (TPSA) is 54.4 Å². The van der Waals surface area contributed by atoms with Gasteiger partial charge in [0.15, 0.2) is 11.6 Å². The number of allylic oxidation sites excluding steroid dienone is 2. The number of aliphatic hydroxyl groups is 1. The first-order valence-electron chi connectivity index (χ1n) is 9.80. The second-order valence-electron chi connectivity index (χ2n) is 9.54. The second kappa shape index (κ2) is 5.16. The molecule has 3 heteroatoms. The molecule has 0 spiro atoms. The fourth-order valence-corrected chi connectivity index (χ4v) is 7.16. The maximum atomic E-state index is 12.3. The number of rotatable bonds is 1. The summed E-state index contributed by atoms with van der Waals surface area (Å²) in [5.41, 5.74) is 0.852. The van der Waals surface area contributed by atoms with Crippen molar-refractivity contribution in [2.75, 3.05) is 0 Å². The van der Waals surface area contributed by atoms with Crippen LogP contribution in [0.15, 0.2) is 23.8 Å². The number of carbonyl (C=O) groups excluding carboxylic acids is 2. The lowest BCUT2D eigenvalue weighted by atomic mass is 9.45. The van der Waals surface area contributed by atoms with Crippen molar-refractivity contribution < 1.29 is 14.7 Å². The van der Waals surface area contributed by atoms with E-state index in [4.69, 9.17) is 0 Å². The first-order chi connectivity index (χ1) is 11.6. The predicted octanol–water partition coefficient (Wildman–Crippen LogP) is 4.00. The van der Waals surface area contributed by atoms with E-state index in [1.165, 1.54) is 5.57 Å². The van der Waals surface area contributed by atoms with Gasteiger partial charge in [-0.25, -0.2) is 0 Å². The minimum absolute atomic E-state index is 0.0339. The zero-order valence-corrected chi connectivity index (χ0v) is 15.7. The molecule has 136 valence electrons. The molecule has 4 rings (SSSR count). The maximum Gasteiger partial charge on any atom is 0.161 e. The van der Waals surface area contributed by atoms with Crippen molar-refractivity contribution in [3.8, 4) is 0 Å². The highest BCUT2D eigenvalue weighted by atomic mass is 16.3. The van der Waals surface area contributed by atoms with Crippen molar-refractivity contribution in [3.63, 3.8) is 0 Å². The number of carbonyl (C=O) groups is 2. The Morgan fingerprint density at radius 1 is 1.20 bits per heavy atom. The van der Waals surface area contributed by atoms with E-state index in [2.05, 4.69) is 20.4 Å². The van der Waals surface area contributed by atoms with Gasteiger partial charge in [-0.3, -0.25) is 9.59 Å². The van der Waals surface area contributed by atoms with E-state index in [0.717, 1.165) is 37.7 Å². The molecule has 0 saturated heterocycles. The maximum absolute atomic E-state index is 12.3. The van der Waals surface area contributed by atoms with Crippen LogP contribution >= 0.6 is 0 Å². The van der Waals surface area contributed by atoms with Crippen LogP contribution < -0.4 is 0 Å². The minimum Gasteiger partial charge on any atom is -0.382 e. The van der Waals surface area contributed by atoms with Crippen molar-refractivity contribution in [2.45, 2.75) is 71.3 Å². The summed E-state index contributed by atoms with van der Waals surface area (Å²) in [6, 6.07) is 0. The first-order valence-corrected chi connectivity index (χ1v) is 9.80. The monoisotopic (exact) mass is 342 g/mol. The quantitative estimate of drug-likeness (QED) is 0.783. The lowest BCUT2D eigenvalue weighted by molar-refractivity contribution is -0.159. The van der Waals surface area contributed by atoms with Gasteiger partial charge >= 0.3 is 0 Å². The molecule has 0 bridgehead atoms.